The Balaban J connectivity index is 1.47. The first-order valence-corrected chi connectivity index (χ1v) is 8.99. The van der Waals surface area contributed by atoms with Gasteiger partial charge in [-0.3, -0.25) is 9.59 Å². The van der Waals surface area contributed by atoms with E-state index < -0.39 is 11.9 Å². The third-order valence-corrected chi connectivity index (χ3v) is 5.56. The van der Waals surface area contributed by atoms with Gasteiger partial charge in [0.2, 0.25) is 5.91 Å². The van der Waals surface area contributed by atoms with Crippen molar-refractivity contribution in [2.45, 2.75) is 19.3 Å². The molecule has 1 saturated carbocycles. The van der Waals surface area contributed by atoms with Crippen LogP contribution in [0.1, 0.15) is 18.4 Å². The molecule has 2 atom stereocenters. The predicted molar refractivity (Wildman–Crippen MR) is 90.1 cm³/mol. The van der Waals surface area contributed by atoms with Gasteiger partial charge in [0, 0.05) is 13.1 Å². The topological polar surface area (TPSA) is 76.1 Å². The monoisotopic (exact) mass is 365 g/mol. The van der Waals surface area contributed by atoms with Crippen LogP contribution in [-0.2, 0) is 16.0 Å². The molecule has 2 aliphatic heterocycles. The van der Waals surface area contributed by atoms with Crippen LogP contribution in [0.5, 0.6) is 11.5 Å². The molecule has 4 rings (SSSR count). The fourth-order valence-electron chi connectivity index (χ4n) is 3.85. The Morgan fingerprint density at radius 2 is 1.96 bits per heavy atom. The van der Waals surface area contributed by atoms with Crippen molar-refractivity contribution < 1.29 is 24.2 Å². The largest absolute Gasteiger partial charge is 0.486 e. The molecule has 1 aromatic rings. The van der Waals surface area contributed by atoms with E-state index in [-0.39, 0.29) is 18.2 Å². The standard InChI is InChI=1S/C18H20ClNO5/c19-14-5-10(6-15-17(14)25-4-3-24-15)7-16(21)20-8-12(11-1-2-11)13(9-20)18(22)23/h5-6,11-13H,1-4,7-9H2,(H,22,23)/t12-,13+/m1/s1. The number of benzene rings is 1. The van der Waals surface area contributed by atoms with Crippen LogP contribution in [0, 0.1) is 17.8 Å². The number of hydrogen-bond donors (Lipinski definition) is 1. The smallest absolute Gasteiger partial charge is 0.308 e. The summed E-state index contributed by atoms with van der Waals surface area (Å²) in [4.78, 5) is 25.8. The predicted octanol–water partition coefficient (Wildman–Crippen LogP) is 2.22. The van der Waals surface area contributed by atoms with Gasteiger partial charge >= 0.3 is 5.97 Å². The molecule has 7 heteroatoms. The highest BCUT2D eigenvalue weighted by Crippen LogP contribution is 2.44. The highest BCUT2D eigenvalue weighted by atomic mass is 35.5. The highest BCUT2D eigenvalue weighted by Gasteiger charge is 2.46. The van der Waals surface area contributed by atoms with Gasteiger partial charge in [-0.1, -0.05) is 11.6 Å². The Morgan fingerprint density at radius 1 is 1.20 bits per heavy atom. The van der Waals surface area contributed by atoms with Crippen molar-refractivity contribution in [3.05, 3.63) is 22.7 Å². The average Bonchev–Trinajstić information content (AvgIpc) is 3.32. The van der Waals surface area contributed by atoms with Crippen molar-refractivity contribution >= 4 is 23.5 Å². The minimum atomic E-state index is -0.797. The molecule has 3 aliphatic rings. The normalized spacial score (nSPS) is 25.1. The number of halogens is 1. The summed E-state index contributed by atoms with van der Waals surface area (Å²) in [5.41, 5.74) is 0.751. The second-order valence-corrected chi connectivity index (χ2v) is 7.43. The summed E-state index contributed by atoms with van der Waals surface area (Å²) in [5.74, 6) is 0.317. The number of ether oxygens (including phenoxy) is 2. The van der Waals surface area contributed by atoms with Gasteiger partial charge in [-0.25, -0.2) is 0 Å². The molecule has 25 heavy (non-hydrogen) atoms. The molecule has 1 N–H and O–H groups in total. The lowest BCUT2D eigenvalue weighted by Crippen LogP contribution is -2.31. The van der Waals surface area contributed by atoms with Gasteiger partial charge in [-0.05, 0) is 42.4 Å². The summed E-state index contributed by atoms with van der Waals surface area (Å²) in [7, 11) is 0. The Bertz CT molecular complexity index is 718. The van der Waals surface area contributed by atoms with Gasteiger partial charge in [0.05, 0.1) is 17.4 Å². The molecule has 1 saturated heterocycles. The Hall–Kier alpha value is -1.95. The summed E-state index contributed by atoms with van der Waals surface area (Å²) in [6.45, 7) is 1.75. The fraction of sp³-hybridized carbons (Fsp3) is 0.556. The first-order chi connectivity index (χ1) is 12.0. The molecule has 6 nitrogen and oxygen atoms in total. The van der Waals surface area contributed by atoms with E-state index in [1.54, 1.807) is 17.0 Å². The highest BCUT2D eigenvalue weighted by molar-refractivity contribution is 6.32. The lowest BCUT2D eigenvalue weighted by molar-refractivity contribution is -0.142. The number of aliphatic carboxylic acids is 1. The van der Waals surface area contributed by atoms with Gasteiger partial charge in [0.1, 0.15) is 13.2 Å². The number of carbonyl (C=O) groups excluding carboxylic acids is 1. The van der Waals surface area contributed by atoms with E-state index in [0.717, 1.165) is 18.4 Å². The van der Waals surface area contributed by atoms with Gasteiger partial charge in [-0.2, -0.15) is 0 Å². The van der Waals surface area contributed by atoms with E-state index in [2.05, 4.69) is 0 Å². The van der Waals surface area contributed by atoms with Crippen LogP contribution < -0.4 is 9.47 Å². The lowest BCUT2D eigenvalue weighted by atomic mass is 9.92. The Labute approximate surface area is 150 Å². The average molecular weight is 366 g/mol. The van der Waals surface area contributed by atoms with Crippen LogP contribution in [0.15, 0.2) is 12.1 Å². The molecule has 1 aliphatic carbocycles. The molecule has 1 amide bonds. The SMILES string of the molecule is O=C(O)[C@H]1CN(C(=O)Cc2cc(Cl)c3c(c2)OCCO3)C[C@@H]1C1CC1. The zero-order valence-corrected chi connectivity index (χ0v) is 14.5. The summed E-state index contributed by atoms with van der Waals surface area (Å²) >= 11 is 6.22. The fourth-order valence-corrected chi connectivity index (χ4v) is 4.14. The number of amides is 1. The van der Waals surface area contributed by atoms with Crippen LogP contribution in [0.3, 0.4) is 0 Å². The van der Waals surface area contributed by atoms with Crippen LogP contribution in [0.2, 0.25) is 5.02 Å². The molecule has 134 valence electrons. The van der Waals surface area contributed by atoms with E-state index in [9.17, 15) is 14.7 Å². The molecule has 0 unspecified atom stereocenters. The van der Waals surface area contributed by atoms with Crippen LogP contribution in [0.4, 0.5) is 0 Å². The van der Waals surface area contributed by atoms with E-state index in [0.29, 0.717) is 48.7 Å². The zero-order chi connectivity index (χ0) is 17.6. The Kier molecular flexibility index (Phi) is 4.23. The molecule has 0 spiro atoms. The van der Waals surface area contributed by atoms with E-state index in [4.69, 9.17) is 21.1 Å². The second kappa shape index (κ2) is 6.41. The molecule has 0 aromatic heterocycles. The van der Waals surface area contributed by atoms with Crippen molar-refractivity contribution in [3.8, 4) is 11.5 Å². The minimum Gasteiger partial charge on any atom is -0.486 e. The molecule has 0 bridgehead atoms. The summed E-state index contributed by atoms with van der Waals surface area (Å²) in [6, 6.07) is 3.50. The van der Waals surface area contributed by atoms with Gasteiger partial charge in [-0.15, -0.1) is 0 Å². The molecule has 1 aromatic carbocycles. The van der Waals surface area contributed by atoms with Gasteiger partial charge < -0.3 is 19.5 Å². The number of carbonyl (C=O) groups is 2. The summed E-state index contributed by atoms with van der Waals surface area (Å²) in [6.07, 6.45) is 2.34. The third kappa shape index (κ3) is 3.27. The van der Waals surface area contributed by atoms with Crippen molar-refractivity contribution in [1.82, 2.24) is 4.90 Å². The molecule has 2 fully saturated rings. The number of carboxylic acid groups (broad SMARTS) is 1. The van der Waals surface area contributed by atoms with Gasteiger partial charge in [0.25, 0.3) is 0 Å². The first-order valence-electron chi connectivity index (χ1n) is 8.61. The number of nitrogens with zero attached hydrogens (tertiary/aromatic N) is 1. The van der Waals surface area contributed by atoms with Crippen molar-refractivity contribution in [2.75, 3.05) is 26.3 Å². The first kappa shape index (κ1) is 16.5. The summed E-state index contributed by atoms with van der Waals surface area (Å²) < 4.78 is 11.0. The zero-order valence-electron chi connectivity index (χ0n) is 13.7. The van der Waals surface area contributed by atoms with E-state index >= 15 is 0 Å². The quantitative estimate of drug-likeness (QED) is 0.885. The molecular formula is C18H20ClNO5. The molecule has 0 radical (unpaired) electrons. The Morgan fingerprint density at radius 3 is 2.68 bits per heavy atom. The number of fused-ring (bicyclic) bond motifs is 1. The molecular weight excluding hydrogens is 346 g/mol. The maximum atomic E-state index is 12.7. The number of likely N-dealkylation sites (tertiary alicyclic amines) is 1. The van der Waals surface area contributed by atoms with Gasteiger partial charge in [0.15, 0.2) is 11.5 Å². The van der Waals surface area contributed by atoms with Crippen LogP contribution >= 0.6 is 11.6 Å². The third-order valence-electron chi connectivity index (χ3n) is 5.27. The molecule has 2 heterocycles. The maximum Gasteiger partial charge on any atom is 0.308 e. The van der Waals surface area contributed by atoms with E-state index in [1.165, 1.54) is 0 Å². The van der Waals surface area contributed by atoms with E-state index in [1.807, 2.05) is 0 Å². The minimum absolute atomic E-state index is 0.0675. The number of carboxylic acids is 1. The number of rotatable bonds is 4. The van der Waals surface area contributed by atoms with Crippen molar-refractivity contribution in [2.24, 2.45) is 17.8 Å². The van der Waals surface area contributed by atoms with Crippen LogP contribution in [-0.4, -0.2) is 48.2 Å². The van der Waals surface area contributed by atoms with Crippen molar-refractivity contribution in [3.63, 3.8) is 0 Å². The number of hydrogen-bond acceptors (Lipinski definition) is 4. The van der Waals surface area contributed by atoms with Crippen LogP contribution in [0.25, 0.3) is 0 Å². The van der Waals surface area contributed by atoms with Crippen molar-refractivity contribution in [1.29, 1.82) is 0 Å². The maximum absolute atomic E-state index is 12.7. The lowest BCUT2D eigenvalue weighted by Gasteiger charge is -2.21. The second-order valence-electron chi connectivity index (χ2n) is 7.02. The summed E-state index contributed by atoms with van der Waals surface area (Å²) in [5, 5.41) is 9.86.